The number of anilines is 1. The summed E-state index contributed by atoms with van der Waals surface area (Å²) in [4.78, 5) is 2.30. The average molecular weight is 552 g/mol. The Morgan fingerprint density at radius 1 is 0.833 bits per heavy atom. The number of nitrogens with zero attached hydrogens (tertiary/aromatic N) is 2. The van der Waals surface area contributed by atoms with Gasteiger partial charge in [-0.2, -0.15) is 4.57 Å². The molecular formula is C38H35N2O2+. The van der Waals surface area contributed by atoms with Crippen LogP contribution in [-0.2, 0) is 6.54 Å². The van der Waals surface area contributed by atoms with E-state index in [0.29, 0.717) is 5.92 Å². The van der Waals surface area contributed by atoms with Gasteiger partial charge in [0.15, 0.2) is 5.75 Å². The van der Waals surface area contributed by atoms with Crippen molar-refractivity contribution >= 4 is 44.4 Å². The lowest BCUT2D eigenvalue weighted by atomic mass is 9.77. The average Bonchev–Trinajstić information content (AvgIpc) is 3.53. The molecule has 1 unspecified atom stereocenters. The molecular weight excluding hydrogens is 516 g/mol. The zero-order valence-electron chi connectivity index (χ0n) is 24.3. The van der Waals surface area contributed by atoms with Gasteiger partial charge in [0.1, 0.15) is 6.54 Å². The lowest BCUT2D eigenvalue weighted by molar-refractivity contribution is -0.674. The van der Waals surface area contributed by atoms with E-state index < -0.39 is 0 Å². The third-order valence-corrected chi connectivity index (χ3v) is 9.19. The molecule has 0 amide bonds. The fourth-order valence-electron chi connectivity index (χ4n) is 6.99. The molecule has 208 valence electrons. The Kier molecular flexibility index (Phi) is 6.03. The van der Waals surface area contributed by atoms with Crippen molar-refractivity contribution in [3.8, 4) is 5.75 Å². The van der Waals surface area contributed by atoms with Gasteiger partial charge in [0.25, 0.3) is 5.52 Å². The van der Waals surface area contributed by atoms with Crippen LogP contribution in [0.2, 0.25) is 0 Å². The van der Waals surface area contributed by atoms with Crippen LogP contribution in [0.25, 0.3) is 38.7 Å². The van der Waals surface area contributed by atoms with Gasteiger partial charge < -0.3 is 14.1 Å². The fraction of sp³-hybridized carbons (Fsp3) is 0.237. The topological polar surface area (TPSA) is 29.5 Å². The Morgan fingerprint density at radius 3 is 2.31 bits per heavy atom. The molecule has 0 bridgehead atoms. The molecule has 0 fully saturated rings. The molecule has 0 saturated heterocycles. The van der Waals surface area contributed by atoms with Crippen molar-refractivity contribution in [1.82, 2.24) is 0 Å². The predicted octanol–water partition coefficient (Wildman–Crippen LogP) is 9.25. The quantitative estimate of drug-likeness (QED) is 0.209. The molecule has 42 heavy (non-hydrogen) atoms. The molecule has 2 aliphatic carbocycles. The first-order valence-electron chi connectivity index (χ1n) is 15.3. The second-order valence-corrected chi connectivity index (χ2v) is 11.7. The van der Waals surface area contributed by atoms with Crippen molar-refractivity contribution in [3.63, 3.8) is 0 Å². The summed E-state index contributed by atoms with van der Waals surface area (Å²) >= 11 is 0. The number of aryl methyl sites for hydroxylation is 1. The van der Waals surface area contributed by atoms with Gasteiger partial charge in [-0.25, -0.2) is 0 Å². The highest BCUT2D eigenvalue weighted by atomic mass is 16.5. The molecule has 1 aliphatic heterocycles. The van der Waals surface area contributed by atoms with E-state index in [2.05, 4.69) is 120 Å². The minimum absolute atomic E-state index is 0.623. The van der Waals surface area contributed by atoms with Crippen LogP contribution in [-0.4, -0.2) is 6.54 Å². The fourth-order valence-corrected chi connectivity index (χ4v) is 6.99. The maximum absolute atomic E-state index is 6.44. The molecule has 2 heterocycles. The first-order valence-corrected chi connectivity index (χ1v) is 15.3. The number of aromatic nitrogens is 1. The van der Waals surface area contributed by atoms with Gasteiger partial charge in [0.2, 0.25) is 11.5 Å². The van der Waals surface area contributed by atoms with Gasteiger partial charge in [-0.05, 0) is 102 Å². The van der Waals surface area contributed by atoms with Crippen molar-refractivity contribution in [2.75, 3.05) is 11.4 Å². The van der Waals surface area contributed by atoms with Crippen LogP contribution >= 0.6 is 0 Å². The third-order valence-electron chi connectivity index (χ3n) is 9.19. The molecule has 4 aromatic carbocycles. The standard InChI is InChI=1S/C38H35N2O2/c1-3-39-33-21-28-9-5-7-11-30(28)23-35(33)41-37(39)19-25-13-15-27-16-14-26(18-32(27)17-25)20-38-40(4-2)34-22-29-10-6-8-12-31(29)24-36(34)42-38/h5-12,17-24,27H,3-4,13-16H2,1-2H3/q+1. The summed E-state index contributed by atoms with van der Waals surface area (Å²) in [6.45, 7) is 6.12. The van der Waals surface area contributed by atoms with Crippen LogP contribution in [0.4, 0.5) is 5.69 Å². The van der Waals surface area contributed by atoms with Crippen LogP contribution in [0.5, 0.6) is 5.75 Å². The van der Waals surface area contributed by atoms with E-state index >= 15 is 0 Å². The van der Waals surface area contributed by atoms with Crippen LogP contribution in [0.15, 0.2) is 118 Å². The smallest absolute Gasteiger partial charge is 0.374 e. The zero-order valence-corrected chi connectivity index (χ0v) is 24.3. The molecule has 3 aliphatic rings. The Bertz CT molecular complexity index is 2000. The molecule has 0 N–H and O–H groups in total. The first-order chi connectivity index (χ1) is 20.7. The number of allylic oxidation sites excluding steroid dienone is 6. The van der Waals surface area contributed by atoms with Gasteiger partial charge in [0, 0.05) is 18.7 Å². The Labute approximate surface area is 246 Å². The number of ether oxygens (including phenoxy) is 1. The SMILES string of the molecule is CCN1/C(=C/C2=CC3=C/C(=C/c4oc5cc6ccccc6cc5[n+]4CC)CCC3CC2)Oc2cc3ccccc3cc21. The van der Waals surface area contributed by atoms with Crippen LogP contribution in [0.1, 0.15) is 45.4 Å². The van der Waals surface area contributed by atoms with Crippen molar-refractivity contribution in [1.29, 1.82) is 0 Å². The Hall–Kier alpha value is -4.57. The van der Waals surface area contributed by atoms with E-state index in [4.69, 9.17) is 9.15 Å². The number of hydrogen-bond acceptors (Lipinski definition) is 3. The largest absolute Gasteiger partial charge is 0.439 e. The molecule has 0 spiro atoms. The van der Waals surface area contributed by atoms with Gasteiger partial charge >= 0.3 is 5.89 Å². The number of benzene rings is 4. The van der Waals surface area contributed by atoms with Crippen LogP contribution in [0, 0.1) is 5.92 Å². The number of rotatable bonds is 4. The summed E-state index contributed by atoms with van der Waals surface area (Å²) in [5.41, 5.74) is 7.36. The lowest BCUT2D eigenvalue weighted by Crippen LogP contribution is -2.33. The number of hydrogen-bond donors (Lipinski definition) is 0. The minimum Gasteiger partial charge on any atom is -0.439 e. The second-order valence-electron chi connectivity index (χ2n) is 11.7. The van der Waals surface area contributed by atoms with E-state index in [-0.39, 0.29) is 0 Å². The van der Waals surface area contributed by atoms with Gasteiger partial charge in [0.05, 0.1) is 11.8 Å². The summed E-state index contributed by atoms with van der Waals surface area (Å²) in [5.74, 6) is 3.43. The monoisotopic (exact) mass is 551 g/mol. The van der Waals surface area contributed by atoms with Crippen LogP contribution < -0.4 is 14.2 Å². The Morgan fingerprint density at radius 2 is 1.55 bits per heavy atom. The van der Waals surface area contributed by atoms with E-state index in [9.17, 15) is 0 Å². The Balaban J connectivity index is 1.12. The molecule has 4 heteroatoms. The molecule has 8 rings (SSSR count). The van der Waals surface area contributed by atoms with E-state index in [1.54, 1.807) is 0 Å². The maximum Gasteiger partial charge on any atom is 0.374 e. The summed E-state index contributed by atoms with van der Waals surface area (Å²) in [6, 6.07) is 25.9. The number of oxazole rings is 1. The van der Waals surface area contributed by atoms with Gasteiger partial charge in [-0.3, -0.25) is 0 Å². The molecule has 4 nitrogen and oxygen atoms in total. The molecule has 1 aromatic heterocycles. The van der Waals surface area contributed by atoms with E-state index in [1.807, 2.05) is 0 Å². The van der Waals surface area contributed by atoms with Crippen LogP contribution in [0.3, 0.4) is 0 Å². The summed E-state index contributed by atoms with van der Waals surface area (Å²) in [6.07, 6.45) is 13.9. The molecule has 5 aromatic rings. The highest BCUT2D eigenvalue weighted by Gasteiger charge is 2.28. The zero-order chi connectivity index (χ0) is 28.2. The minimum atomic E-state index is 0.623. The molecule has 1 atom stereocenters. The van der Waals surface area contributed by atoms with E-state index in [1.165, 1.54) is 51.1 Å². The summed E-state index contributed by atoms with van der Waals surface area (Å²) < 4.78 is 15.2. The lowest BCUT2D eigenvalue weighted by Gasteiger charge is -2.28. The van der Waals surface area contributed by atoms with Gasteiger partial charge in [-0.1, -0.05) is 60.7 Å². The molecule has 0 radical (unpaired) electrons. The van der Waals surface area contributed by atoms with Crippen molar-refractivity contribution in [2.45, 2.75) is 46.1 Å². The maximum atomic E-state index is 6.44. The normalized spacial score (nSPS) is 20.2. The summed E-state index contributed by atoms with van der Waals surface area (Å²) in [7, 11) is 0. The van der Waals surface area contributed by atoms with Crippen molar-refractivity contribution < 1.29 is 13.7 Å². The van der Waals surface area contributed by atoms with Crippen molar-refractivity contribution in [2.24, 2.45) is 5.92 Å². The van der Waals surface area contributed by atoms with E-state index in [0.717, 1.165) is 60.2 Å². The van der Waals surface area contributed by atoms with Crippen molar-refractivity contribution in [3.05, 3.63) is 120 Å². The predicted molar refractivity (Wildman–Crippen MR) is 171 cm³/mol. The first kappa shape index (κ1) is 25.2. The molecule has 0 saturated carbocycles. The number of fused-ring (bicyclic) bond motifs is 5. The third kappa shape index (κ3) is 4.25. The second kappa shape index (κ2) is 10.1. The highest BCUT2D eigenvalue weighted by molar-refractivity contribution is 5.93. The highest BCUT2D eigenvalue weighted by Crippen LogP contribution is 2.43. The summed E-state index contributed by atoms with van der Waals surface area (Å²) in [5, 5.41) is 4.91. The van der Waals surface area contributed by atoms with Gasteiger partial charge in [-0.15, -0.1) is 0 Å².